The van der Waals surface area contributed by atoms with E-state index in [0.29, 0.717) is 23.9 Å². The zero-order valence-electron chi connectivity index (χ0n) is 51.4. The van der Waals surface area contributed by atoms with Gasteiger partial charge in [0.15, 0.2) is 0 Å². The van der Waals surface area contributed by atoms with Crippen molar-refractivity contribution in [2.24, 2.45) is 0 Å². The Morgan fingerprint density at radius 1 is 0.449 bits per heavy atom. The third-order valence-electron chi connectivity index (χ3n) is 14.0. The molecule has 0 spiro atoms. The van der Waals surface area contributed by atoms with Gasteiger partial charge in [0.2, 0.25) is 5.91 Å². The second-order valence-electron chi connectivity index (χ2n) is 22.8. The quantitative estimate of drug-likeness (QED) is 0.0243. The van der Waals surface area contributed by atoms with Gasteiger partial charge in [0.05, 0.1) is 39.9 Å². The van der Waals surface area contributed by atoms with Crippen LogP contribution < -0.4 is 5.32 Å². The molecule has 3 N–H and O–H groups in total. The standard InChI is InChI=1S/C69H123N2O6P/c1-6-8-10-12-14-16-18-20-22-24-26-28-29-30-31-32-33-34-35-36-37-38-39-40-41-43-45-47-49-51-53-55-57-59-61-63-69(73)70-67(66-77-78(74,75)76-65-64-71(3,4)5)68(72)62-60-58-56-54-52-50-48-46-44-42-27-25-23-21-19-17-15-13-11-9-7-2/h8,10,14,16,20,22,26,28,30-31,33-34,36-37,39-40,43,45,67-68,72H,6-7,9,11-13,15,17-19,21,23-25,27,29,32,35,38,41-42,44,46-66H2,1-5H3,(H-,70,73,74,75)/p+1/b10-8-,16-14-,22-20-,28-26-,31-30-,34-33-,37-36-,40-39-,45-43-. The maximum atomic E-state index is 13.0. The number of phosphoric ester groups is 1. The van der Waals surface area contributed by atoms with Crippen LogP contribution in [0.25, 0.3) is 0 Å². The molecule has 0 fully saturated rings. The fraction of sp³-hybridized carbons (Fsp3) is 0.725. The summed E-state index contributed by atoms with van der Waals surface area (Å²) in [6.07, 6.45) is 85.8. The van der Waals surface area contributed by atoms with Gasteiger partial charge < -0.3 is 19.8 Å². The predicted octanol–water partition coefficient (Wildman–Crippen LogP) is 20.3. The molecule has 3 atom stereocenters. The van der Waals surface area contributed by atoms with E-state index in [9.17, 15) is 19.4 Å². The van der Waals surface area contributed by atoms with Crippen molar-refractivity contribution in [1.82, 2.24) is 5.32 Å². The molecule has 78 heavy (non-hydrogen) atoms. The molecule has 0 aromatic rings. The Hall–Kier alpha value is -2.84. The van der Waals surface area contributed by atoms with Crippen LogP contribution in [0.3, 0.4) is 0 Å². The maximum Gasteiger partial charge on any atom is 0.472 e. The number of likely N-dealkylation sites (N-methyl/N-ethyl adjacent to an activating group) is 1. The highest BCUT2D eigenvalue weighted by atomic mass is 31.2. The lowest BCUT2D eigenvalue weighted by atomic mass is 10.0. The van der Waals surface area contributed by atoms with Crippen LogP contribution in [0, 0.1) is 0 Å². The molecule has 0 saturated carbocycles. The molecule has 1 amide bonds. The molecular formula is C69H124N2O6P+. The Balaban J connectivity index is 4.17. The zero-order valence-corrected chi connectivity index (χ0v) is 52.3. The lowest BCUT2D eigenvalue weighted by molar-refractivity contribution is -0.870. The third-order valence-corrected chi connectivity index (χ3v) is 15.0. The minimum absolute atomic E-state index is 0.0674. The van der Waals surface area contributed by atoms with E-state index < -0.39 is 20.0 Å². The molecule has 0 aromatic carbocycles. The van der Waals surface area contributed by atoms with Crippen LogP contribution in [-0.2, 0) is 18.4 Å². The first-order valence-electron chi connectivity index (χ1n) is 32.3. The molecule has 450 valence electrons. The smallest absolute Gasteiger partial charge is 0.391 e. The number of quaternary nitrogens is 1. The number of aliphatic hydroxyl groups excluding tert-OH is 1. The largest absolute Gasteiger partial charge is 0.472 e. The normalized spacial score (nSPS) is 14.5. The van der Waals surface area contributed by atoms with Crippen molar-refractivity contribution in [1.29, 1.82) is 0 Å². The molecule has 9 heteroatoms. The lowest BCUT2D eigenvalue weighted by Gasteiger charge is -2.26. The van der Waals surface area contributed by atoms with Crippen molar-refractivity contribution in [3.8, 4) is 0 Å². The highest BCUT2D eigenvalue weighted by molar-refractivity contribution is 7.47. The second kappa shape index (κ2) is 58.8. The minimum Gasteiger partial charge on any atom is -0.391 e. The van der Waals surface area contributed by atoms with Crippen LogP contribution in [0.15, 0.2) is 109 Å². The summed E-state index contributed by atoms with van der Waals surface area (Å²) in [5.41, 5.74) is 0. The van der Waals surface area contributed by atoms with Crippen molar-refractivity contribution < 1.29 is 32.9 Å². The van der Waals surface area contributed by atoms with Crippen molar-refractivity contribution in [3.05, 3.63) is 109 Å². The molecule has 0 saturated heterocycles. The summed E-state index contributed by atoms with van der Waals surface area (Å²) >= 11 is 0. The van der Waals surface area contributed by atoms with E-state index >= 15 is 0 Å². The van der Waals surface area contributed by atoms with Gasteiger partial charge in [-0.3, -0.25) is 13.8 Å². The summed E-state index contributed by atoms with van der Waals surface area (Å²) < 4.78 is 23.8. The van der Waals surface area contributed by atoms with E-state index in [0.717, 1.165) is 109 Å². The number of nitrogens with zero attached hydrogens (tertiary/aromatic N) is 1. The van der Waals surface area contributed by atoms with Crippen molar-refractivity contribution in [2.45, 2.75) is 283 Å². The molecule has 0 rings (SSSR count). The number of amides is 1. The average molecular weight is 1110 g/mol. The summed E-state index contributed by atoms with van der Waals surface area (Å²) in [4.78, 5) is 23.4. The molecule has 8 nitrogen and oxygen atoms in total. The number of hydrogen-bond acceptors (Lipinski definition) is 5. The summed E-state index contributed by atoms with van der Waals surface area (Å²) in [6.45, 7) is 4.78. The van der Waals surface area contributed by atoms with Crippen LogP contribution in [0.4, 0.5) is 0 Å². The Kier molecular flexibility index (Phi) is 56.7. The Labute approximate surface area is 482 Å². The first-order valence-corrected chi connectivity index (χ1v) is 33.7. The zero-order chi connectivity index (χ0) is 57.0. The van der Waals surface area contributed by atoms with E-state index in [4.69, 9.17) is 9.05 Å². The number of aliphatic hydroxyl groups is 1. The summed E-state index contributed by atoms with van der Waals surface area (Å²) in [5.74, 6) is -0.157. The minimum atomic E-state index is -4.34. The van der Waals surface area contributed by atoms with Crippen molar-refractivity contribution in [2.75, 3.05) is 40.9 Å². The van der Waals surface area contributed by atoms with Gasteiger partial charge in [0.25, 0.3) is 0 Å². The molecule has 0 aliphatic carbocycles. The van der Waals surface area contributed by atoms with Crippen LogP contribution in [0.1, 0.15) is 271 Å². The van der Waals surface area contributed by atoms with E-state index in [1.807, 2.05) is 21.1 Å². The van der Waals surface area contributed by atoms with E-state index in [1.165, 1.54) is 135 Å². The Morgan fingerprint density at radius 2 is 0.769 bits per heavy atom. The van der Waals surface area contributed by atoms with Gasteiger partial charge in [-0.1, -0.05) is 290 Å². The van der Waals surface area contributed by atoms with Gasteiger partial charge >= 0.3 is 7.82 Å². The Bertz CT molecular complexity index is 1640. The topological polar surface area (TPSA) is 105 Å². The van der Waals surface area contributed by atoms with Crippen LogP contribution >= 0.6 is 7.82 Å². The number of hydrogen-bond donors (Lipinski definition) is 3. The lowest BCUT2D eigenvalue weighted by Crippen LogP contribution is -2.46. The molecule has 0 aromatic heterocycles. The molecule has 0 radical (unpaired) electrons. The van der Waals surface area contributed by atoms with Gasteiger partial charge in [0.1, 0.15) is 13.2 Å². The SMILES string of the molecule is CC/C=C\C/C=C\C/C=C\C/C=C\C/C=C\C/C=C\C/C=C\C/C=C\C/C=C\CCCCCCCCCC(=O)NC(COP(=O)(O)OCC[N+](C)(C)C)C(O)CCCCCCCCCCCCCCCCCCCCCCC. The van der Waals surface area contributed by atoms with Crippen LogP contribution in [0.5, 0.6) is 0 Å². The highest BCUT2D eigenvalue weighted by Gasteiger charge is 2.28. The summed E-state index contributed by atoms with van der Waals surface area (Å²) in [6, 6.07) is -0.776. The average Bonchev–Trinajstić information content (AvgIpc) is 3.41. The maximum absolute atomic E-state index is 13.0. The van der Waals surface area contributed by atoms with Crippen molar-refractivity contribution in [3.63, 3.8) is 0 Å². The monoisotopic (exact) mass is 1110 g/mol. The molecule has 3 unspecified atom stereocenters. The number of carbonyl (C=O) groups excluding carboxylic acids is 1. The number of allylic oxidation sites excluding steroid dienone is 18. The number of rotatable bonds is 58. The number of unbranched alkanes of at least 4 members (excludes halogenated alkanes) is 27. The highest BCUT2D eigenvalue weighted by Crippen LogP contribution is 2.43. The van der Waals surface area contributed by atoms with Gasteiger partial charge in [-0.15, -0.1) is 0 Å². The molecular weight excluding hydrogens is 984 g/mol. The van der Waals surface area contributed by atoms with E-state index in [-0.39, 0.29) is 19.1 Å². The molecule has 0 aliphatic heterocycles. The molecule has 0 heterocycles. The van der Waals surface area contributed by atoms with Crippen LogP contribution in [-0.4, -0.2) is 73.4 Å². The third kappa shape index (κ3) is 60.8. The van der Waals surface area contributed by atoms with E-state index in [2.05, 4.69) is 129 Å². The van der Waals surface area contributed by atoms with Crippen molar-refractivity contribution >= 4 is 13.7 Å². The predicted molar refractivity (Wildman–Crippen MR) is 341 cm³/mol. The first kappa shape index (κ1) is 75.2. The number of nitrogens with one attached hydrogen (secondary N) is 1. The van der Waals surface area contributed by atoms with Crippen LogP contribution in [0.2, 0.25) is 0 Å². The number of phosphoric acid groups is 1. The summed E-state index contributed by atoms with van der Waals surface area (Å²) in [5, 5.41) is 14.1. The molecule has 0 aliphatic rings. The van der Waals surface area contributed by atoms with Gasteiger partial charge in [-0.25, -0.2) is 4.57 Å². The van der Waals surface area contributed by atoms with Gasteiger partial charge in [-0.2, -0.15) is 0 Å². The first-order chi connectivity index (χ1) is 38.0. The van der Waals surface area contributed by atoms with E-state index in [1.54, 1.807) is 0 Å². The molecule has 0 bridgehead atoms. The van der Waals surface area contributed by atoms with Gasteiger partial charge in [-0.05, 0) is 83.5 Å². The Morgan fingerprint density at radius 3 is 1.13 bits per heavy atom. The second-order valence-corrected chi connectivity index (χ2v) is 24.2. The van der Waals surface area contributed by atoms with Gasteiger partial charge in [0, 0.05) is 6.42 Å². The number of carbonyl (C=O) groups is 1. The fourth-order valence-corrected chi connectivity index (χ4v) is 9.78. The summed E-state index contributed by atoms with van der Waals surface area (Å²) in [7, 11) is 1.60. The fourth-order valence-electron chi connectivity index (χ4n) is 9.04.